The number of amides is 1. The van der Waals surface area contributed by atoms with Crippen LogP contribution in [0.2, 0.25) is 5.02 Å². The third kappa shape index (κ3) is 3.67. The van der Waals surface area contributed by atoms with Crippen LogP contribution in [0.25, 0.3) is 0 Å². The summed E-state index contributed by atoms with van der Waals surface area (Å²) in [5, 5.41) is 6.18. The van der Waals surface area contributed by atoms with E-state index in [2.05, 4.69) is 10.6 Å². The number of nitrogen functional groups attached to an aromatic ring is 1. The minimum Gasteiger partial charge on any atom is -0.397 e. The second-order valence-corrected chi connectivity index (χ2v) is 3.48. The van der Waals surface area contributed by atoms with Gasteiger partial charge in [0.25, 0.3) is 0 Å². The summed E-state index contributed by atoms with van der Waals surface area (Å²) in [5.74, 6) is -0.0723. The van der Waals surface area contributed by atoms with E-state index in [4.69, 9.17) is 17.3 Å². The Hall–Kier alpha value is -1.42. The number of rotatable bonds is 4. The molecule has 5 heteroatoms. The van der Waals surface area contributed by atoms with E-state index >= 15 is 0 Å². The van der Waals surface area contributed by atoms with Gasteiger partial charge in [-0.2, -0.15) is 0 Å². The molecule has 0 spiro atoms. The fourth-order valence-electron chi connectivity index (χ4n) is 1.12. The summed E-state index contributed by atoms with van der Waals surface area (Å²) in [4.78, 5) is 11.2. The molecule has 0 aromatic heterocycles. The lowest BCUT2D eigenvalue weighted by molar-refractivity contribution is -0.119. The van der Waals surface area contributed by atoms with E-state index in [1.54, 1.807) is 18.2 Å². The molecule has 0 aliphatic heterocycles. The molecule has 1 aromatic rings. The number of benzene rings is 1. The van der Waals surface area contributed by atoms with Crippen molar-refractivity contribution in [3.05, 3.63) is 23.2 Å². The Kier molecular flexibility index (Phi) is 4.24. The van der Waals surface area contributed by atoms with Crippen LogP contribution in [0.3, 0.4) is 0 Å². The summed E-state index contributed by atoms with van der Waals surface area (Å²) in [6, 6.07) is 5.09. The number of hydrogen-bond donors (Lipinski definition) is 3. The minimum absolute atomic E-state index is 0.0723. The van der Waals surface area contributed by atoms with Gasteiger partial charge in [0.15, 0.2) is 0 Å². The molecule has 0 unspecified atom stereocenters. The maximum Gasteiger partial charge on any atom is 0.239 e. The number of nitrogens with one attached hydrogen (secondary N) is 2. The molecule has 0 saturated heterocycles. The van der Waals surface area contributed by atoms with Gasteiger partial charge in [0.1, 0.15) is 0 Å². The van der Waals surface area contributed by atoms with Crippen LogP contribution in [-0.4, -0.2) is 19.0 Å². The Morgan fingerprint density at radius 2 is 2.27 bits per heavy atom. The summed E-state index contributed by atoms with van der Waals surface area (Å²) >= 11 is 5.80. The molecule has 15 heavy (non-hydrogen) atoms. The molecule has 0 bridgehead atoms. The van der Waals surface area contributed by atoms with Crippen LogP contribution < -0.4 is 16.4 Å². The van der Waals surface area contributed by atoms with E-state index in [0.29, 0.717) is 22.9 Å². The van der Waals surface area contributed by atoms with Gasteiger partial charge in [-0.3, -0.25) is 4.79 Å². The normalized spacial score (nSPS) is 9.73. The molecule has 1 rings (SSSR count). The largest absolute Gasteiger partial charge is 0.397 e. The number of anilines is 2. The topological polar surface area (TPSA) is 67.2 Å². The van der Waals surface area contributed by atoms with Crippen molar-refractivity contribution in [1.29, 1.82) is 0 Å². The molecule has 1 amide bonds. The van der Waals surface area contributed by atoms with Crippen LogP contribution in [0.4, 0.5) is 11.4 Å². The van der Waals surface area contributed by atoms with E-state index in [-0.39, 0.29) is 12.5 Å². The molecule has 0 aliphatic rings. The highest BCUT2D eigenvalue weighted by molar-refractivity contribution is 6.31. The number of carbonyl (C=O) groups is 1. The number of nitrogens with two attached hydrogens (primary N) is 1. The van der Waals surface area contributed by atoms with Crippen molar-refractivity contribution in [3.63, 3.8) is 0 Å². The lowest BCUT2D eigenvalue weighted by Gasteiger charge is -2.09. The first-order chi connectivity index (χ1) is 7.13. The van der Waals surface area contributed by atoms with E-state index in [1.807, 2.05) is 6.92 Å². The number of likely N-dealkylation sites (N-methyl/N-ethyl adjacent to an activating group) is 1. The Morgan fingerprint density at radius 3 is 2.93 bits per heavy atom. The lowest BCUT2D eigenvalue weighted by Crippen LogP contribution is -2.29. The van der Waals surface area contributed by atoms with Crippen molar-refractivity contribution in [2.24, 2.45) is 0 Å². The zero-order valence-corrected chi connectivity index (χ0v) is 9.27. The molecular formula is C10H14ClN3O. The summed E-state index contributed by atoms with van der Waals surface area (Å²) in [5.41, 5.74) is 6.94. The molecule has 0 atom stereocenters. The highest BCUT2D eigenvalue weighted by atomic mass is 35.5. The molecule has 4 N–H and O–H groups in total. The van der Waals surface area contributed by atoms with Gasteiger partial charge in [0.2, 0.25) is 5.91 Å². The smallest absolute Gasteiger partial charge is 0.239 e. The number of hydrogen-bond acceptors (Lipinski definition) is 3. The van der Waals surface area contributed by atoms with Gasteiger partial charge < -0.3 is 16.4 Å². The molecule has 0 aliphatic carbocycles. The fourth-order valence-corrected chi connectivity index (χ4v) is 1.29. The number of carbonyl (C=O) groups excluding carboxylic acids is 1. The maximum absolute atomic E-state index is 11.2. The van der Waals surface area contributed by atoms with Crippen LogP contribution in [0.5, 0.6) is 0 Å². The Balaban J connectivity index is 2.57. The standard InChI is InChI=1S/C10H14ClN3O/c1-2-13-10(15)6-14-9-5-7(11)3-4-8(9)12/h3-5,14H,2,6,12H2,1H3,(H,13,15). The van der Waals surface area contributed by atoms with Crippen LogP contribution in [-0.2, 0) is 4.79 Å². The van der Waals surface area contributed by atoms with E-state index in [9.17, 15) is 4.79 Å². The highest BCUT2D eigenvalue weighted by Crippen LogP contribution is 2.22. The van der Waals surface area contributed by atoms with Gasteiger partial charge in [0.05, 0.1) is 17.9 Å². The highest BCUT2D eigenvalue weighted by Gasteiger charge is 2.02. The van der Waals surface area contributed by atoms with Gasteiger partial charge in [-0.05, 0) is 25.1 Å². The van der Waals surface area contributed by atoms with Gasteiger partial charge in [-0.15, -0.1) is 0 Å². The zero-order valence-electron chi connectivity index (χ0n) is 8.51. The van der Waals surface area contributed by atoms with Crippen molar-refractivity contribution in [2.75, 3.05) is 24.1 Å². The predicted molar refractivity (Wildman–Crippen MR) is 63.0 cm³/mol. The zero-order chi connectivity index (χ0) is 11.3. The first-order valence-electron chi connectivity index (χ1n) is 4.69. The summed E-state index contributed by atoms with van der Waals surface area (Å²) in [6.07, 6.45) is 0. The van der Waals surface area contributed by atoms with Crippen molar-refractivity contribution in [1.82, 2.24) is 5.32 Å². The molecule has 0 fully saturated rings. The van der Waals surface area contributed by atoms with E-state index < -0.39 is 0 Å². The number of halogens is 1. The predicted octanol–water partition coefficient (Wildman–Crippen LogP) is 1.47. The second-order valence-electron chi connectivity index (χ2n) is 3.04. The molecule has 4 nitrogen and oxygen atoms in total. The third-order valence-corrected chi connectivity index (χ3v) is 2.06. The van der Waals surface area contributed by atoms with Gasteiger partial charge in [-0.1, -0.05) is 11.6 Å². The van der Waals surface area contributed by atoms with E-state index in [1.165, 1.54) is 0 Å². The average Bonchev–Trinajstić information content (AvgIpc) is 2.20. The van der Waals surface area contributed by atoms with Gasteiger partial charge in [0, 0.05) is 11.6 Å². The Morgan fingerprint density at radius 1 is 1.53 bits per heavy atom. The van der Waals surface area contributed by atoms with Crippen LogP contribution in [0.1, 0.15) is 6.92 Å². The molecule has 0 radical (unpaired) electrons. The second kappa shape index (κ2) is 5.46. The maximum atomic E-state index is 11.2. The van der Waals surface area contributed by atoms with Crippen LogP contribution in [0.15, 0.2) is 18.2 Å². The Labute approximate surface area is 93.8 Å². The van der Waals surface area contributed by atoms with Crippen molar-refractivity contribution >= 4 is 28.9 Å². The summed E-state index contributed by atoms with van der Waals surface area (Å²) in [7, 11) is 0. The summed E-state index contributed by atoms with van der Waals surface area (Å²) < 4.78 is 0. The fraction of sp³-hybridized carbons (Fsp3) is 0.300. The minimum atomic E-state index is -0.0723. The molecule has 0 saturated carbocycles. The van der Waals surface area contributed by atoms with Gasteiger partial charge in [-0.25, -0.2) is 0 Å². The van der Waals surface area contributed by atoms with Crippen LogP contribution >= 0.6 is 11.6 Å². The molecule has 82 valence electrons. The molecular weight excluding hydrogens is 214 g/mol. The first kappa shape index (κ1) is 11.7. The Bertz CT molecular complexity index is 355. The lowest BCUT2D eigenvalue weighted by atomic mass is 10.2. The monoisotopic (exact) mass is 227 g/mol. The van der Waals surface area contributed by atoms with Crippen molar-refractivity contribution in [2.45, 2.75) is 6.92 Å². The molecule has 1 aromatic carbocycles. The van der Waals surface area contributed by atoms with Gasteiger partial charge >= 0.3 is 0 Å². The summed E-state index contributed by atoms with van der Waals surface area (Å²) in [6.45, 7) is 2.68. The molecule has 0 heterocycles. The first-order valence-corrected chi connectivity index (χ1v) is 5.07. The van der Waals surface area contributed by atoms with Crippen molar-refractivity contribution < 1.29 is 4.79 Å². The third-order valence-electron chi connectivity index (χ3n) is 1.83. The quantitative estimate of drug-likeness (QED) is 0.683. The van der Waals surface area contributed by atoms with Crippen molar-refractivity contribution in [3.8, 4) is 0 Å². The SMILES string of the molecule is CCNC(=O)CNc1cc(Cl)ccc1N. The van der Waals surface area contributed by atoms with Crippen LogP contribution in [0, 0.1) is 0 Å². The van der Waals surface area contributed by atoms with E-state index in [0.717, 1.165) is 0 Å². The average molecular weight is 228 g/mol.